The summed E-state index contributed by atoms with van der Waals surface area (Å²) < 4.78 is 0. The lowest BCUT2D eigenvalue weighted by Crippen LogP contribution is -2.31. The maximum absolute atomic E-state index is 11.5. The van der Waals surface area contributed by atoms with E-state index in [1.807, 2.05) is 6.92 Å². The van der Waals surface area contributed by atoms with Crippen molar-refractivity contribution in [1.82, 2.24) is 10.4 Å². The van der Waals surface area contributed by atoms with E-state index < -0.39 is 0 Å². The number of hydroxylamine groups is 2. The maximum atomic E-state index is 11.5. The first-order chi connectivity index (χ1) is 6.99. The summed E-state index contributed by atoms with van der Waals surface area (Å²) in [5.41, 5.74) is 5.34. The SMILES string of the molecule is C=C(N)NCCC[C@H](C)C(=O)N(C)OC. The molecule has 0 rings (SSSR count). The molecule has 3 N–H and O–H groups in total. The molecule has 0 aromatic rings. The van der Waals surface area contributed by atoms with E-state index in [0.717, 1.165) is 19.4 Å². The van der Waals surface area contributed by atoms with Crippen molar-refractivity contribution in [2.75, 3.05) is 20.7 Å². The summed E-state index contributed by atoms with van der Waals surface area (Å²) in [5, 5.41) is 4.16. The van der Waals surface area contributed by atoms with E-state index in [9.17, 15) is 4.79 Å². The average Bonchev–Trinajstić information content (AvgIpc) is 2.21. The molecule has 0 spiro atoms. The zero-order valence-electron chi connectivity index (χ0n) is 9.75. The number of carbonyl (C=O) groups is 1. The molecule has 0 fully saturated rings. The number of amides is 1. The molecule has 0 aromatic carbocycles. The Morgan fingerprint density at radius 1 is 1.67 bits per heavy atom. The average molecular weight is 215 g/mol. The van der Waals surface area contributed by atoms with Gasteiger partial charge in [-0.2, -0.15) is 0 Å². The molecule has 0 saturated heterocycles. The second kappa shape index (κ2) is 7.11. The summed E-state index contributed by atoms with van der Waals surface area (Å²) in [6.07, 6.45) is 1.67. The number of nitrogens with zero attached hydrogens (tertiary/aromatic N) is 1. The normalized spacial score (nSPS) is 11.9. The monoisotopic (exact) mass is 215 g/mol. The lowest BCUT2D eigenvalue weighted by Gasteiger charge is -2.18. The van der Waals surface area contributed by atoms with Crippen LogP contribution in [0, 0.1) is 5.92 Å². The van der Waals surface area contributed by atoms with Crippen LogP contribution in [0.3, 0.4) is 0 Å². The van der Waals surface area contributed by atoms with E-state index in [1.54, 1.807) is 7.05 Å². The molecule has 0 aromatic heterocycles. The van der Waals surface area contributed by atoms with Gasteiger partial charge in [-0.1, -0.05) is 13.5 Å². The maximum Gasteiger partial charge on any atom is 0.248 e. The second-order valence-electron chi connectivity index (χ2n) is 3.51. The molecule has 88 valence electrons. The highest BCUT2D eigenvalue weighted by Crippen LogP contribution is 2.08. The van der Waals surface area contributed by atoms with Crippen LogP contribution in [0.1, 0.15) is 19.8 Å². The number of nitrogens with one attached hydrogen (secondary N) is 1. The first kappa shape index (κ1) is 13.8. The predicted molar refractivity (Wildman–Crippen MR) is 59.5 cm³/mol. The van der Waals surface area contributed by atoms with Crippen molar-refractivity contribution in [2.24, 2.45) is 11.7 Å². The minimum atomic E-state index is -0.0391. The number of carbonyl (C=O) groups excluding carboxylic acids is 1. The molecule has 0 heterocycles. The zero-order chi connectivity index (χ0) is 11.8. The lowest BCUT2D eigenvalue weighted by molar-refractivity contribution is -0.173. The molecular weight excluding hydrogens is 194 g/mol. The van der Waals surface area contributed by atoms with Crippen molar-refractivity contribution in [2.45, 2.75) is 19.8 Å². The molecule has 1 atom stereocenters. The van der Waals surface area contributed by atoms with E-state index in [4.69, 9.17) is 10.6 Å². The van der Waals surface area contributed by atoms with Gasteiger partial charge in [0.15, 0.2) is 0 Å². The fourth-order valence-electron chi connectivity index (χ4n) is 1.18. The predicted octanol–water partition coefficient (Wildman–Crippen LogP) is 0.442. The summed E-state index contributed by atoms with van der Waals surface area (Å²) in [6.45, 7) is 6.14. The fourth-order valence-corrected chi connectivity index (χ4v) is 1.18. The third-order valence-electron chi connectivity index (χ3n) is 2.17. The Kier molecular flexibility index (Phi) is 6.53. The van der Waals surface area contributed by atoms with Crippen LogP contribution >= 0.6 is 0 Å². The smallest absolute Gasteiger partial charge is 0.248 e. The Labute approximate surface area is 91.2 Å². The molecule has 0 aliphatic heterocycles. The van der Waals surface area contributed by atoms with Crippen molar-refractivity contribution in [3.05, 3.63) is 12.4 Å². The molecule has 0 bridgehead atoms. The molecule has 1 amide bonds. The molecule has 0 radical (unpaired) electrons. The van der Waals surface area contributed by atoms with Crippen LogP contribution in [-0.4, -0.2) is 31.7 Å². The van der Waals surface area contributed by atoms with Crippen LogP contribution in [-0.2, 0) is 9.63 Å². The van der Waals surface area contributed by atoms with Gasteiger partial charge in [0.1, 0.15) is 0 Å². The van der Waals surface area contributed by atoms with Crippen LogP contribution < -0.4 is 11.1 Å². The highest BCUT2D eigenvalue weighted by molar-refractivity contribution is 5.77. The molecule has 5 heteroatoms. The molecule has 5 nitrogen and oxygen atoms in total. The first-order valence-electron chi connectivity index (χ1n) is 4.99. The largest absolute Gasteiger partial charge is 0.386 e. The highest BCUT2D eigenvalue weighted by atomic mass is 16.7. The van der Waals surface area contributed by atoms with Gasteiger partial charge < -0.3 is 11.1 Å². The summed E-state index contributed by atoms with van der Waals surface area (Å²) in [5.74, 6) is 0.412. The molecule has 0 saturated carbocycles. The Morgan fingerprint density at radius 2 is 2.27 bits per heavy atom. The van der Waals surface area contributed by atoms with Crippen LogP contribution in [0.15, 0.2) is 12.4 Å². The van der Waals surface area contributed by atoms with Crippen LogP contribution in [0.4, 0.5) is 0 Å². The topological polar surface area (TPSA) is 67.6 Å². The van der Waals surface area contributed by atoms with Gasteiger partial charge in [-0.3, -0.25) is 9.63 Å². The van der Waals surface area contributed by atoms with Crippen molar-refractivity contribution in [1.29, 1.82) is 0 Å². The van der Waals surface area contributed by atoms with Gasteiger partial charge in [0.05, 0.1) is 12.9 Å². The third-order valence-corrected chi connectivity index (χ3v) is 2.17. The molecule has 0 aliphatic rings. The zero-order valence-corrected chi connectivity index (χ0v) is 9.75. The Morgan fingerprint density at radius 3 is 2.73 bits per heavy atom. The summed E-state index contributed by atoms with van der Waals surface area (Å²) in [7, 11) is 3.09. The number of hydrogen-bond acceptors (Lipinski definition) is 4. The minimum Gasteiger partial charge on any atom is -0.386 e. The summed E-state index contributed by atoms with van der Waals surface area (Å²) >= 11 is 0. The van der Waals surface area contributed by atoms with Gasteiger partial charge in [0, 0.05) is 19.5 Å². The van der Waals surface area contributed by atoms with Gasteiger partial charge in [-0.15, -0.1) is 0 Å². The van der Waals surface area contributed by atoms with Crippen molar-refractivity contribution < 1.29 is 9.63 Å². The Bertz CT molecular complexity index is 219. The first-order valence-corrected chi connectivity index (χ1v) is 4.99. The van der Waals surface area contributed by atoms with Gasteiger partial charge in [-0.25, -0.2) is 5.06 Å². The standard InChI is InChI=1S/C10H21N3O2/c1-8(10(14)13(3)15-4)6-5-7-12-9(2)11/h8,12H,2,5-7,11H2,1,3-4H3/t8-/m0/s1. The summed E-state index contributed by atoms with van der Waals surface area (Å²) in [4.78, 5) is 16.4. The van der Waals surface area contributed by atoms with Crippen molar-refractivity contribution in [3.63, 3.8) is 0 Å². The Hall–Kier alpha value is -1.23. The molecule has 15 heavy (non-hydrogen) atoms. The lowest BCUT2D eigenvalue weighted by atomic mass is 10.1. The van der Waals surface area contributed by atoms with E-state index in [-0.39, 0.29) is 11.8 Å². The molecular formula is C10H21N3O2. The second-order valence-corrected chi connectivity index (χ2v) is 3.51. The van der Waals surface area contributed by atoms with Gasteiger partial charge in [0.2, 0.25) is 5.91 Å². The van der Waals surface area contributed by atoms with E-state index in [1.165, 1.54) is 12.2 Å². The third kappa shape index (κ3) is 5.96. The minimum absolute atomic E-state index is 0.0101. The number of rotatable bonds is 7. The van der Waals surface area contributed by atoms with Crippen LogP contribution in [0.25, 0.3) is 0 Å². The van der Waals surface area contributed by atoms with E-state index in [2.05, 4.69) is 11.9 Å². The Balaban J connectivity index is 3.69. The van der Waals surface area contributed by atoms with Gasteiger partial charge in [0.25, 0.3) is 0 Å². The van der Waals surface area contributed by atoms with Crippen molar-refractivity contribution in [3.8, 4) is 0 Å². The van der Waals surface area contributed by atoms with Crippen LogP contribution in [0.5, 0.6) is 0 Å². The van der Waals surface area contributed by atoms with Crippen LogP contribution in [0.2, 0.25) is 0 Å². The van der Waals surface area contributed by atoms with Gasteiger partial charge in [-0.05, 0) is 12.8 Å². The highest BCUT2D eigenvalue weighted by Gasteiger charge is 2.16. The quantitative estimate of drug-likeness (QED) is 0.478. The number of nitrogens with two attached hydrogens (primary N) is 1. The fraction of sp³-hybridized carbons (Fsp3) is 0.700. The molecule has 0 aliphatic carbocycles. The van der Waals surface area contributed by atoms with E-state index >= 15 is 0 Å². The van der Waals surface area contributed by atoms with Crippen molar-refractivity contribution >= 4 is 5.91 Å². The number of hydrogen-bond donors (Lipinski definition) is 2. The van der Waals surface area contributed by atoms with E-state index in [0.29, 0.717) is 5.82 Å². The molecule has 0 unspecified atom stereocenters. The van der Waals surface area contributed by atoms with Gasteiger partial charge >= 0.3 is 0 Å². The summed E-state index contributed by atoms with van der Waals surface area (Å²) in [6, 6.07) is 0.